The number of ether oxygens (including phenoxy) is 2. The molecule has 0 saturated carbocycles. The number of carbonyl (C=O) groups is 3. The molecule has 0 radical (unpaired) electrons. The molecule has 0 aliphatic carbocycles. The Kier molecular flexibility index (Phi) is 13.0. The molecular formula is C12H25N2O9P. The summed E-state index contributed by atoms with van der Waals surface area (Å²) in [5, 5.41) is 10.1. The monoisotopic (exact) mass is 372 g/mol. The molecule has 1 atom stereocenters. The van der Waals surface area contributed by atoms with Crippen LogP contribution in [-0.4, -0.2) is 53.8 Å². The van der Waals surface area contributed by atoms with E-state index in [1.54, 1.807) is 13.8 Å². The summed E-state index contributed by atoms with van der Waals surface area (Å²) in [4.78, 5) is 41.3. The van der Waals surface area contributed by atoms with E-state index in [0.717, 1.165) is 0 Å². The van der Waals surface area contributed by atoms with Gasteiger partial charge >= 0.3 is 25.6 Å². The second kappa shape index (κ2) is 12.7. The van der Waals surface area contributed by atoms with E-state index in [1.807, 2.05) is 19.2 Å². The van der Waals surface area contributed by atoms with Crippen molar-refractivity contribution < 1.29 is 42.9 Å². The molecule has 0 spiro atoms. The lowest BCUT2D eigenvalue weighted by atomic mass is 10.2. The zero-order valence-electron chi connectivity index (χ0n) is 14.1. The average molecular weight is 372 g/mol. The molecule has 1 amide bonds. The zero-order valence-corrected chi connectivity index (χ0v) is 14.9. The van der Waals surface area contributed by atoms with Gasteiger partial charge in [-0.05, 0) is 6.04 Å². The zero-order chi connectivity index (χ0) is 19.3. The number of nitrogens with one attached hydrogen (secondary N) is 1. The maximum atomic E-state index is 11.2. The van der Waals surface area contributed by atoms with Crippen molar-refractivity contribution >= 4 is 25.6 Å². The molecule has 0 aromatic rings. The summed E-state index contributed by atoms with van der Waals surface area (Å²) in [6.07, 6.45) is -1.95. The SMILES string of the molecule is CC(C)C(=O)OCOC(=O)NCP(=O)(O)OCC(=O)O.CC(C)N. The Morgan fingerprint density at radius 2 is 1.67 bits per heavy atom. The van der Waals surface area contributed by atoms with Crippen LogP contribution in [0.4, 0.5) is 4.79 Å². The van der Waals surface area contributed by atoms with Crippen LogP contribution in [0.5, 0.6) is 0 Å². The van der Waals surface area contributed by atoms with Gasteiger partial charge in [0, 0.05) is 0 Å². The number of nitrogens with two attached hydrogens (primary N) is 1. The molecule has 0 aromatic heterocycles. The summed E-state index contributed by atoms with van der Waals surface area (Å²) in [5.41, 5.74) is 5.11. The van der Waals surface area contributed by atoms with Crippen molar-refractivity contribution in [3.8, 4) is 0 Å². The highest BCUT2D eigenvalue weighted by atomic mass is 31.2. The summed E-state index contributed by atoms with van der Waals surface area (Å²) >= 11 is 0. The van der Waals surface area contributed by atoms with Gasteiger partial charge in [-0.1, -0.05) is 27.7 Å². The van der Waals surface area contributed by atoms with Gasteiger partial charge in [-0.15, -0.1) is 0 Å². The second-order valence-electron chi connectivity index (χ2n) is 5.05. The first-order valence-electron chi connectivity index (χ1n) is 6.88. The minimum absolute atomic E-state index is 0.333. The van der Waals surface area contributed by atoms with Crippen LogP contribution in [0.25, 0.3) is 0 Å². The summed E-state index contributed by atoms with van der Waals surface area (Å²) in [5.74, 6) is -2.39. The van der Waals surface area contributed by atoms with Gasteiger partial charge in [0.25, 0.3) is 0 Å². The lowest BCUT2D eigenvalue weighted by Gasteiger charge is -2.12. The van der Waals surface area contributed by atoms with Crippen LogP contribution in [0.15, 0.2) is 0 Å². The number of esters is 1. The van der Waals surface area contributed by atoms with Crippen LogP contribution in [0, 0.1) is 5.92 Å². The topological polar surface area (TPSA) is 174 Å². The fourth-order valence-corrected chi connectivity index (χ4v) is 1.46. The Morgan fingerprint density at radius 1 is 1.17 bits per heavy atom. The Morgan fingerprint density at radius 3 is 2.08 bits per heavy atom. The molecule has 0 bridgehead atoms. The van der Waals surface area contributed by atoms with Crippen LogP contribution in [0.2, 0.25) is 0 Å². The van der Waals surface area contributed by atoms with Crippen molar-refractivity contribution in [2.75, 3.05) is 19.7 Å². The van der Waals surface area contributed by atoms with Gasteiger partial charge in [-0.3, -0.25) is 13.9 Å². The number of aliphatic carboxylic acids is 1. The van der Waals surface area contributed by atoms with Gasteiger partial charge in [-0.2, -0.15) is 0 Å². The van der Waals surface area contributed by atoms with Gasteiger partial charge in [0.2, 0.25) is 6.79 Å². The van der Waals surface area contributed by atoms with E-state index in [2.05, 4.69) is 14.0 Å². The van der Waals surface area contributed by atoms with E-state index in [1.165, 1.54) is 0 Å². The molecule has 1 unspecified atom stereocenters. The first-order valence-corrected chi connectivity index (χ1v) is 8.64. The van der Waals surface area contributed by atoms with Crippen molar-refractivity contribution in [2.24, 2.45) is 11.7 Å². The third-order valence-corrected chi connectivity index (χ3v) is 2.77. The highest BCUT2D eigenvalue weighted by Gasteiger charge is 2.22. The Balaban J connectivity index is 0. The van der Waals surface area contributed by atoms with Gasteiger partial charge < -0.3 is 30.5 Å². The lowest BCUT2D eigenvalue weighted by Crippen LogP contribution is -2.28. The maximum absolute atomic E-state index is 11.2. The Hall–Kier alpha value is -1.68. The molecule has 11 nitrogen and oxygen atoms in total. The smallest absolute Gasteiger partial charge is 0.410 e. The number of carboxylic acids is 1. The molecule has 0 aliphatic heterocycles. The largest absolute Gasteiger partial charge is 0.480 e. The molecule has 0 heterocycles. The van der Waals surface area contributed by atoms with E-state index >= 15 is 0 Å². The molecule has 5 N–H and O–H groups in total. The lowest BCUT2D eigenvalue weighted by molar-refractivity contribution is -0.155. The van der Waals surface area contributed by atoms with E-state index in [0.29, 0.717) is 6.04 Å². The standard InChI is InChI=1S/C9H16NO9P.C3H9N/c1-6(2)8(13)17-5-18-9(14)10-4-20(15,16)19-3-7(11)12;1-3(2)4/h6H,3-5H2,1-2H3,(H,10,14)(H,11,12)(H,15,16);3H,4H2,1-2H3. The summed E-state index contributed by atoms with van der Waals surface area (Å²) in [6.45, 7) is 5.44. The van der Waals surface area contributed by atoms with E-state index in [4.69, 9.17) is 15.7 Å². The van der Waals surface area contributed by atoms with Crippen molar-refractivity contribution in [1.82, 2.24) is 5.32 Å². The van der Waals surface area contributed by atoms with Crippen molar-refractivity contribution in [1.29, 1.82) is 0 Å². The highest BCUT2D eigenvalue weighted by Crippen LogP contribution is 2.39. The Bertz CT molecular complexity index is 451. The number of rotatable bonds is 8. The number of alkyl carbamates (subject to hydrolysis) is 1. The van der Waals surface area contributed by atoms with Crippen LogP contribution in [0.1, 0.15) is 27.7 Å². The number of amides is 1. The molecule has 0 aliphatic rings. The summed E-state index contributed by atoms with van der Waals surface area (Å²) < 4.78 is 24.3. The fraction of sp³-hybridized carbons (Fsp3) is 0.750. The van der Waals surface area contributed by atoms with Crippen molar-refractivity contribution in [3.05, 3.63) is 0 Å². The van der Waals surface area contributed by atoms with Gasteiger partial charge in [-0.25, -0.2) is 9.59 Å². The van der Waals surface area contributed by atoms with Gasteiger partial charge in [0.15, 0.2) is 6.61 Å². The minimum atomic E-state index is -4.27. The van der Waals surface area contributed by atoms with Crippen LogP contribution in [-0.2, 0) is 28.2 Å². The predicted molar refractivity (Wildman–Crippen MR) is 83.0 cm³/mol. The number of hydrogen-bond acceptors (Lipinski definition) is 8. The minimum Gasteiger partial charge on any atom is -0.480 e. The number of carbonyl (C=O) groups excluding carboxylic acids is 2. The van der Waals surface area contributed by atoms with E-state index in [9.17, 15) is 18.9 Å². The van der Waals surface area contributed by atoms with Crippen LogP contribution >= 0.6 is 7.60 Å². The second-order valence-corrected chi connectivity index (χ2v) is 6.90. The molecular weight excluding hydrogens is 347 g/mol. The normalized spacial score (nSPS) is 12.7. The quantitative estimate of drug-likeness (QED) is 0.266. The Labute approximate surface area is 140 Å². The summed E-state index contributed by atoms with van der Waals surface area (Å²) in [6, 6.07) is 0.333. The van der Waals surface area contributed by atoms with E-state index < -0.39 is 45.3 Å². The van der Waals surface area contributed by atoms with Crippen molar-refractivity contribution in [2.45, 2.75) is 33.7 Å². The molecule has 0 rings (SSSR count). The molecule has 0 aromatic carbocycles. The van der Waals surface area contributed by atoms with Gasteiger partial charge in [0.05, 0.1) is 5.92 Å². The molecule has 142 valence electrons. The molecule has 12 heteroatoms. The van der Waals surface area contributed by atoms with E-state index in [-0.39, 0.29) is 5.92 Å². The van der Waals surface area contributed by atoms with Crippen LogP contribution in [0.3, 0.4) is 0 Å². The third-order valence-electron chi connectivity index (χ3n) is 1.68. The fourth-order valence-electron chi connectivity index (χ4n) is 0.725. The van der Waals surface area contributed by atoms with Crippen LogP contribution < -0.4 is 11.1 Å². The third kappa shape index (κ3) is 18.4. The van der Waals surface area contributed by atoms with Crippen molar-refractivity contribution in [3.63, 3.8) is 0 Å². The maximum Gasteiger partial charge on any atom is 0.410 e. The molecule has 24 heavy (non-hydrogen) atoms. The first-order chi connectivity index (χ1) is 10.9. The average Bonchev–Trinajstić information content (AvgIpc) is 2.42. The molecule has 0 saturated heterocycles. The predicted octanol–water partition coefficient (Wildman–Crippen LogP) is 0.467. The van der Waals surface area contributed by atoms with Gasteiger partial charge in [0.1, 0.15) is 6.29 Å². The summed E-state index contributed by atoms with van der Waals surface area (Å²) in [7, 11) is -4.27. The highest BCUT2D eigenvalue weighted by molar-refractivity contribution is 7.52. The first kappa shape index (κ1) is 24.6. The molecule has 0 fully saturated rings. The number of carboxylic acid groups (broad SMARTS) is 1. The number of hydrogen-bond donors (Lipinski definition) is 4.